The van der Waals surface area contributed by atoms with Gasteiger partial charge in [-0.3, -0.25) is 4.79 Å². The molecule has 2 aromatic rings. The van der Waals surface area contributed by atoms with E-state index in [0.29, 0.717) is 24.4 Å². The number of carbonyl (C=O) groups excluding carboxylic acids is 2. The van der Waals surface area contributed by atoms with Crippen LogP contribution in [0.3, 0.4) is 0 Å². The Balaban J connectivity index is 1.73. The topological polar surface area (TPSA) is 70.7 Å². The molecule has 0 aromatic heterocycles. The van der Waals surface area contributed by atoms with Crippen molar-refractivity contribution >= 4 is 17.6 Å². The molecule has 0 fully saturated rings. The van der Waals surface area contributed by atoms with E-state index in [-0.39, 0.29) is 24.4 Å². The van der Waals surface area contributed by atoms with Gasteiger partial charge in [0.15, 0.2) is 6.61 Å². The quantitative estimate of drug-likeness (QED) is 0.798. The summed E-state index contributed by atoms with van der Waals surface area (Å²) in [5, 5.41) is 5.44. The number of benzene rings is 2. The second kappa shape index (κ2) is 9.41. The number of amides is 3. The Labute approximate surface area is 152 Å². The number of anilines is 1. The largest absolute Gasteiger partial charge is 0.484 e. The summed E-state index contributed by atoms with van der Waals surface area (Å²) in [4.78, 5) is 24.8. The zero-order chi connectivity index (χ0) is 18.9. The summed E-state index contributed by atoms with van der Waals surface area (Å²) in [6.45, 7) is 0.398. The maximum atomic E-state index is 12.8. The normalized spacial score (nSPS) is 10.1. The fourth-order valence-corrected chi connectivity index (χ4v) is 2.06. The average molecular weight is 359 g/mol. The summed E-state index contributed by atoms with van der Waals surface area (Å²) in [5.41, 5.74) is 1.55. The lowest BCUT2D eigenvalue weighted by Gasteiger charge is -2.12. The molecule has 2 rings (SSSR count). The summed E-state index contributed by atoms with van der Waals surface area (Å²) >= 11 is 0. The first-order valence-electron chi connectivity index (χ1n) is 8.16. The SMILES string of the molecule is CN(C)C(=O)COc1ccc(NC(=O)NCCc2ccc(F)cc2)cc1. The molecule has 0 saturated carbocycles. The van der Waals surface area contributed by atoms with E-state index in [1.165, 1.54) is 17.0 Å². The van der Waals surface area contributed by atoms with Gasteiger partial charge in [-0.1, -0.05) is 12.1 Å². The van der Waals surface area contributed by atoms with E-state index < -0.39 is 0 Å². The predicted molar refractivity (Wildman–Crippen MR) is 97.8 cm³/mol. The van der Waals surface area contributed by atoms with Crippen LogP contribution in [0, 0.1) is 5.82 Å². The molecule has 0 unspecified atom stereocenters. The Kier molecular flexibility index (Phi) is 6.96. The minimum Gasteiger partial charge on any atom is -0.484 e. The highest BCUT2D eigenvalue weighted by atomic mass is 19.1. The monoisotopic (exact) mass is 359 g/mol. The van der Waals surface area contributed by atoms with E-state index in [9.17, 15) is 14.0 Å². The third-order valence-corrected chi connectivity index (χ3v) is 3.59. The van der Waals surface area contributed by atoms with Crippen molar-refractivity contribution in [2.75, 3.05) is 32.6 Å². The molecule has 0 aliphatic heterocycles. The van der Waals surface area contributed by atoms with E-state index in [2.05, 4.69) is 10.6 Å². The minimum atomic E-state index is -0.330. The molecular weight excluding hydrogens is 337 g/mol. The molecule has 2 aromatic carbocycles. The number of carbonyl (C=O) groups is 2. The number of ether oxygens (including phenoxy) is 1. The number of hydrogen-bond acceptors (Lipinski definition) is 3. The molecule has 0 spiro atoms. The number of nitrogens with one attached hydrogen (secondary N) is 2. The molecule has 138 valence electrons. The van der Waals surface area contributed by atoms with Crippen LogP contribution in [0.15, 0.2) is 48.5 Å². The third kappa shape index (κ3) is 6.43. The summed E-state index contributed by atoms with van der Waals surface area (Å²) in [6, 6.07) is 12.6. The van der Waals surface area contributed by atoms with Crippen LogP contribution in [0.4, 0.5) is 14.9 Å². The van der Waals surface area contributed by atoms with Gasteiger partial charge in [0, 0.05) is 26.3 Å². The first kappa shape index (κ1) is 19.2. The van der Waals surface area contributed by atoms with Gasteiger partial charge in [-0.25, -0.2) is 9.18 Å². The lowest BCUT2D eigenvalue weighted by atomic mass is 10.1. The van der Waals surface area contributed by atoms with Crippen LogP contribution >= 0.6 is 0 Å². The zero-order valence-corrected chi connectivity index (χ0v) is 14.8. The van der Waals surface area contributed by atoms with Crippen molar-refractivity contribution in [2.45, 2.75) is 6.42 Å². The van der Waals surface area contributed by atoms with Crippen LogP contribution in [0.1, 0.15) is 5.56 Å². The molecule has 0 aliphatic carbocycles. The van der Waals surface area contributed by atoms with Crippen molar-refractivity contribution in [1.82, 2.24) is 10.2 Å². The minimum absolute atomic E-state index is 0.0380. The second-order valence-electron chi connectivity index (χ2n) is 5.86. The molecule has 0 bridgehead atoms. The van der Waals surface area contributed by atoms with Crippen LogP contribution in [-0.4, -0.2) is 44.1 Å². The van der Waals surface area contributed by atoms with Gasteiger partial charge >= 0.3 is 6.03 Å². The van der Waals surface area contributed by atoms with E-state index in [1.54, 1.807) is 50.5 Å². The number of nitrogens with zero attached hydrogens (tertiary/aromatic N) is 1. The number of hydrogen-bond donors (Lipinski definition) is 2. The van der Waals surface area contributed by atoms with Crippen molar-refractivity contribution in [3.8, 4) is 5.75 Å². The highest BCUT2D eigenvalue weighted by Crippen LogP contribution is 2.15. The van der Waals surface area contributed by atoms with Gasteiger partial charge in [0.05, 0.1) is 0 Å². The lowest BCUT2D eigenvalue weighted by Crippen LogP contribution is -2.30. The van der Waals surface area contributed by atoms with Crippen molar-refractivity contribution in [1.29, 1.82) is 0 Å². The van der Waals surface area contributed by atoms with Crippen molar-refractivity contribution in [3.63, 3.8) is 0 Å². The standard InChI is InChI=1S/C19H22FN3O3/c1-23(2)18(24)13-26-17-9-7-16(8-10-17)22-19(25)21-12-11-14-3-5-15(20)6-4-14/h3-10H,11-13H2,1-2H3,(H2,21,22,25). The van der Waals surface area contributed by atoms with Gasteiger partial charge in [0.2, 0.25) is 0 Å². The van der Waals surface area contributed by atoms with E-state index in [1.807, 2.05) is 0 Å². The highest BCUT2D eigenvalue weighted by molar-refractivity contribution is 5.89. The fourth-order valence-electron chi connectivity index (χ4n) is 2.06. The molecule has 0 atom stereocenters. The van der Waals surface area contributed by atoms with Crippen LogP contribution in [0.2, 0.25) is 0 Å². The molecular formula is C19H22FN3O3. The molecule has 26 heavy (non-hydrogen) atoms. The van der Waals surface area contributed by atoms with Crippen LogP contribution in [0.25, 0.3) is 0 Å². The number of rotatable bonds is 7. The average Bonchev–Trinajstić information content (AvgIpc) is 2.62. The predicted octanol–water partition coefficient (Wildman–Crippen LogP) is 2.66. The molecule has 0 heterocycles. The molecule has 0 saturated heterocycles. The van der Waals surface area contributed by atoms with Gasteiger partial charge in [-0.05, 0) is 48.4 Å². The summed E-state index contributed by atoms with van der Waals surface area (Å²) in [6.07, 6.45) is 0.611. The Morgan fingerprint density at radius 3 is 2.31 bits per heavy atom. The first-order chi connectivity index (χ1) is 12.4. The Morgan fingerprint density at radius 2 is 1.69 bits per heavy atom. The maximum absolute atomic E-state index is 12.8. The molecule has 2 N–H and O–H groups in total. The van der Waals surface area contributed by atoms with E-state index in [4.69, 9.17) is 4.74 Å². The smallest absolute Gasteiger partial charge is 0.319 e. The number of likely N-dealkylation sites (N-methyl/N-ethyl adjacent to an activating group) is 1. The molecule has 0 aliphatic rings. The van der Waals surface area contributed by atoms with Crippen molar-refractivity contribution in [3.05, 3.63) is 59.9 Å². The number of halogens is 1. The first-order valence-corrected chi connectivity index (χ1v) is 8.16. The third-order valence-electron chi connectivity index (χ3n) is 3.59. The van der Waals surface area contributed by atoms with Gasteiger partial charge in [0.25, 0.3) is 5.91 Å². The number of urea groups is 1. The van der Waals surface area contributed by atoms with Crippen LogP contribution in [0.5, 0.6) is 5.75 Å². The maximum Gasteiger partial charge on any atom is 0.319 e. The van der Waals surface area contributed by atoms with Gasteiger partial charge < -0.3 is 20.3 Å². The van der Waals surface area contributed by atoms with Crippen molar-refractivity contribution < 1.29 is 18.7 Å². The highest BCUT2D eigenvalue weighted by Gasteiger charge is 2.06. The zero-order valence-electron chi connectivity index (χ0n) is 14.8. The van der Waals surface area contributed by atoms with Gasteiger partial charge in [0.1, 0.15) is 11.6 Å². The Hall–Kier alpha value is -3.09. The Bertz CT molecular complexity index is 731. The molecule has 7 heteroatoms. The summed E-state index contributed by atoms with van der Waals surface area (Å²) in [7, 11) is 3.32. The van der Waals surface area contributed by atoms with E-state index >= 15 is 0 Å². The molecule has 3 amide bonds. The Morgan fingerprint density at radius 1 is 1.04 bits per heavy atom. The second-order valence-corrected chi connectivity index (χ2v) is 5.86. The van der Waals surface area contributed by atoms with Crippen LogP contribution < -0.4 is 15.4 Å². The summed E-state index contributed by atoms with van der Waals surface area (Å²) < 4.78 is 18.2. The summed E-state index contributed by atoms with van der Waals surface area (Å²) in [5.74, 6) is 0.133. The van der Waals surface area contributed by atoms with Gasteiger partial charge in [-0.2, -0.15) is 0 Å². The van der Waals surface area contributed by atoms with E-state index in [0.717, 1.165) is 5.56 Å². The van der Waals surface area contributed by atoms with Crippen molar-refractivity contribution in [2.24, 2.45) is 0 Å². The fraction of sp³-hybridized carbons (Fsp3) is 0.263. The van der Waals surface area contributed by atoms with Crippen LogP contribution in [-0.2, 0) is 11.2 Å². The van der Waals surface area contributed by atoms with Gasteiger partial charge in [-0.15, -0.1) is 0 Å². The lowest BCUT2D eigenvalue weighted by molar-refractivity contribution is -0.130. The molecule has 6 nitrogen and oxygen atoms in total. The molecule has 0 radical (unpaired) electrons.